The summed E-state index contributed by atoms with van der Waals surface area (Å²) >= 11 is 3.24. The summed E-state index contributed by atoms with van der Waals surface area (Å²) in [5.41, 5.74) is 0.890. The van der Waals surface area contributed by atoms with E-state index in [-0.39, 0.29) is 6.03 Å². The number of halogens is 1. The summed E-state index contributed by atoms with van der Waals surface area (Å²) in [6.07, 6.45) is 0. The highest BCUT2D eigenvalue weighted by Gasteiger charge is 2.11. The first-order valence-corrected chi connectivity index (χ1v) is 5.80. The Labute approximate surface area is 108 Å². The van der Waals surface area contributed by atoms with Gasteiger partial charge in [0.1, 0.15) is 0 Å². The Balaban J connectivity index is 2.89. The number of nitrogens with one attached hydrogen (secondary N) is 2. The second kappa shape index (κ2) is 6.24. The summed E-state index contributed by atoms with van der Waals surface area (Å²) < 4.78 is 5.24. The lowest BCUT2D eigenvalue weighted by molar-refractivity contribution is 0.0599. The van der Waals surface area contributed by atoms with Gasteiger partial charge < -0.3 is 15.4 Å². The maximum atomic E-state index is 11.4. The van der Waals surface area contributed by atoms with Crippen molar-refractivity contribution in [2.75, 3.05) is 19.0 Å². The molecule has 0 heterocycles. The SMILES string of the molecule is CCNC(=O)Nc1ccc(Br)c(C(=O)OC)c1. The largest absolute Gasteiger partial charge is 0.465 e. The van der Waals surface area contributed by atoms with Gasteiger partial charge in [-0.2, -0.15) is 0 Å². The molecule has 0 spiro atoms. The number of anilines is 1. The molecule has 0 aromatic heterocycles. The third-order valence-corrected chi connectivity index (χ3v) is 2.66. The van der Waals surface area contributed by atoms with Crippen molar-refractivity contribution >= 4 is 33.6 Å². The Morgan fingerprint density at radius 2 is 2.12 bits per heavy atom. The van der Waals surface area contributed by atoms with Crippen molar-refractivity contribution in [3.05, 3.63) is 28.2 Å². The maximum Gasteiger partial charge on any atom is 0.339 e. The number of amides is 2. The molecular weight excluding hydrogens is 288 g/mol. The normalized spacial score (nSPS) is 9.59. The van der Waals surface area contributed by atoms with Gasteiger partial charge in [0, 0.05) is 16.7 Å². The fraction of sp³-hybridized carbons (Fsp3) is 0.273. The van der Waals surface area contributed by atoms with Crippen LogP contribution < -0.4 is 10.6 Å². The minimum Gasteiger partial charge on any atom is -0.465 e. The summed E-state index contributed by atoms with van der Waals surface area (Å²) in [5, 5.41) is 5.20. The lowest BCUT2D eigenvalue weighted by Gasteiger charge is -2.08. The molecule has 0 aliphatic heterocycles. The molecule has 0 radical (unpaired) electrons. The van der Waals surface area contributed by atoms with E-state index in [4.69, 9.17) is 0 Å². The van der Waals surface area contributed by atoms with Gasteiger partial charge in [0.2, 0.25) is 0 Å². The molecule has 17 heavy (non-hydrogen) atoms. The van der Waals surface area contributed by atoms with Crippen molar-refractivity contribution in [2.45, 2.75) is 6.92 Å². The predicted molar refractivity (Wildman–Crippen MR) is 68.2 cm³/mol. The highest BCUT2D eigenvalue weighted by Crippen LogP contribution is 2.21. The molecule has 2 N–H and O–H groups in total. The molecular formula is C11H13BrN2O3. The van der Waals surface area contributed by atoms with Gasteiger partial charge in [-0.3, -0.25) is 0 Å². The molecule has 0 atom stereocenters. The first-order valence-electron chi connectivity index (χ1n) is 5.01. The Morgan fingerprint density at radius 1 is 1.41 bits per heavy atom. The highest BCUT2D eigenvalue weighted by molar-refractivity contribution is 9.10. The molecule has 5 nitrogen and oxygen atoms in total. The molecule has 1 aromatic rings. The van der Waals surface area contributed by atoms with Crippen LogP contribution in [-0.2, 0) is 4.74 Å². The van der Waals surface area contributed by atoms with Gasteiger partial charge in [-0.1, -0.05) is 0 Å². The summed E-state index contributed by atoms with van der Waals surface area (Å²) in [7, 11) is 1.30. The van der Waals surface area contributed by atoms with Crippen LogP contribution in [0.25, 0.3) is 0 Å². The average Bonchev–Trinajstić information content (AvgIpc) is 2.31. The molecule has 0 aliphatic carbocycles. The zero-order valence-electron chi connectivity index (χ0n) is 9.54. The minimum absolute atomic E-state index is 0.314. The van der Waals surface area contributed by atoms with Crippen LogP contribution in [0.15, 0.2) is 22.7 Å². The topological polar surface area (TPSA) is 67.4 Å². The summed E-state index contributed by atoms with van der Waals surface area (Å²) in [6, 6.07) is 4.59. The predicted octanol–water partition coefficient (Wildman–Crippen LogP) is 2.38. The van der Waals surface area contributed by atoms with Crippen LogP contribution in [-0.4, -0.2) is 25.7 Å². The summed E-state index contributed by atoms with van der Waals surface area (Å²) in [6.45, 7) is 2.35. The smallest absolute Gasteiger partial charge is 0.339 e. The van der Waals surface area contributed by atoms with Crippen LogP contribution in [0.2, 0.25) is 0 Å². The van der Waals surface area contributed by atoms with E-state index in [0.717, 1.165) is 0 Å². The highest BCUT2D eigenvalue weighted by atomic mass is 79.9. The Hall–Kier alpha value is -1.56. The molecule has 2 amide bonds. The van der Waals surface area contributed by atoms with Gasteiger partial charge in [-0.15, -0.1) is 0 Å². The quantitative estimate of drug-likeness (QED) is 0.842. The number of esters is 1. The van der Waals surface area contributed by atoms with Crippen molar-refractivity contribution in [2.24, 2.45) is 0 Å². The number of ether oxygens (including phenoxy) is 1. The van der Waals surface area contributed by atoms with Gasteiger partial charge in [-0.05, 0) is 41.1 Å². The Kier molecular flexibility index (Phi) is 4.96. The monoisotopic (exact) mass is 300 g/mol. The van der Waals surface area contributed by atoms with Crippen molar-refractivity contribution < 1.29 is 14.3 Å². The lowest BCUT2D eigenvalue weighted by atomic mass is 10.2. The summed E-state index contributed by atoms with van der Waals surface area (Å²) in [5.74, 6) is -0.462. The minimum atomic E-state index is -0.462. The number of hydrogen-bond donors (Lipinski definition) is 2. The fourth-order valence-electron chi connectivity index (χ4n) is 1.21. The van der Waals surface area contributed by atoms with Crippen molar-refractivity contribution in [3.8, 4) is 0 Å². The molecule has 0 aliphatic rings. The zero-order valence-corrected chi connectivity index (χ0v) is 11.1. The molecule has 1 rings (SSSR count). The van der Waals surface area contributed by atoms with E-state index >= 15 is 0 Å². The van der Waals surface area contributed by atoms with Crippen molar-refractivity contribution in [1.82, 2.24) is 5.32 Å². The lowest BCUT2D eigenvalue weighted by Crippen LogP contribution is -2.28. The van der Waals surface area contributed by atoms with E-state index in [9.17, 15) is 9.59 Å². The van der Waals surface area contributed by atoms with Crippen LogP contribution in [0, 0.1) is 0 Å². The second-order valence-corrected chi connectivity index (χ2v) is 4.02. The van der Waals surface area contributed by atoms with Crippen LogP contribution in [0.5, 0.6) is 0 Å². The second-order valence-electron chi connectivity index (χ2n) is 3.17. The van der Waals surface area contributed by atoms with Gasteiger partial charge >= 0.3 is 12.0 Å². The number of urea groups is 1. The Bertz CT molecular complexity index is 435. The molecule has 0 saturated carbocycles. The number of hydrogen-bond acceptors (Lipinski definition) is 3. The molecule has 0 unspecified atom stereocenters. The molecule has 0 bridgehead atoms. The van der Waals surface area contributed by atoms with Gasteiger partial charge in [-0.25, -0.2) is 9.59 Å². The molecule has 1 aromatic carbocycles. The van der Waals surface area contributed by atoms with Gasteiger partial charge in [0.05, 0.1) is 12.7 Å². The van der Waals surface area contributed by atoms with Crippen LogP contribution in [0.4, 0.5) is 10.5 Å². The first-order chi connectivity index (χ1) is 8.08. The Morgan fingerprint density at radius 3 is 2.71 bits per heavy atom. The molecule has 0 saturated heterocycles. The third-order valence-electron chi connectivity index (χ3n) is 1.97. The number of carbonyl (C=O) groups excluding carboxylic acids is 2. The third kappa shape index (κ3) is 3.74. The van der Waals surface area contributed by atoms with Crippen LogP contribution in [0.3, 0.4) is 0 Å². The van der Waals surface area contributed by atoms with E-state index in [1.54, 1.807) is 18.2 Å². The van der Waals surface area contributed by atoms with E-state index in [1.807, 2.05) is 6.92 Å². The van der Waals surface area contributed by atoms with Gasteiger partial charge in [0.25, 0.3) is 0 Å². The molecule has 92 valence electrons. The molecule has 0 fully saturated rings. The maximum absolute atomic E-state index is 11.4. The van der Waals surface area contributed by atoms with Gasteiger partial charge in [0.15, 0.2) is 0 Å². The zero-order chi connectivity index (χ0) is 12.8. The van der Waals surface area contributed by atoms with E-state index in [2.05, 4.69) is 31.3 Å². The number of methoxy groups -OCH3 is 1. The van der Waals surface area contributed by atoms with E-state index in [1.165, 1.54) is 7.11 Å². The van der Waals surface area contributed by atoms with Crippen LogP contribution in [0.1, 0.15) is 17.3 Å². The summed E-state index contributed by atoms with van der Waals surface area (Å²) in [4.78, 5) is 22.7. The number of benzene rings is 1. The number of carbonyl (C=O) groups is 2. The van der Waals surface area contributed by atoms with E-state index in [0.29, 0.717) is 22.3 Å². The fourth-order valence-corrected chi connectivity index (χ4v) is 1.61. The van der Waals surface area contributed by atoms with Crippen molar-refractivity contribution in [1.29, 1.82) is 0 Å². The molecule has 6 heteroatoms. The van der Waals surface area contributed by atoms with E-state index < -0.39 is 5.97 Å². The average molecular weight is 301 g/mol. The number of rotatable bonds is 3. The standard InChI is InChI=1S/C11H13BrN2O3/c1-3-13-11(16)14-7-4-5-9(12)8(6-7)10(15)17-2/h4-6H,3H2,1-2H3,(H2,13,14,16). The van der Waals surface area contributed by atoms with Crippen molar-refractivity contribution in [3.63, 3.8) is 0 Å². The first kappa shape index (κ1) is 13.5. The van der Waals surface area contributed by atoms with Crippen LogP contribution >= 0.6 is 15.9 Å².